The Labute approximate surface area is 144 Å². The van der Waals surface area contributed by atoms with E-state index in [1.807, 2.05) is 0 Å². The molecule has 0 unspecified atom stereocenters. The molecule has 0 saturated carbocycles. The van der Waals surface area contributed by atoms with Gasteiger partial charge in [0.25, 0.3) is 0 Å². The van der Waals surface area contributed by atoms with E-state index in [-0.39, 0.29) is 0 Å². The molecule has 24 heavy (non-hydrogen) atoms. The first-order valence-electron chi connectivity index (χ1n) is 8.72. The quantitative estimate of drug-likeness (QED) is 0.604. The summed E-state index contributed by atoms with van der Waals surface area (Å²) in [5.74, 6) is 2.59. The van der Waals surface area contributed by atoms with Gasteiger partial charge >= 0.3 is 144 Å². The Hall–Kier alpha value is -2.17. The van der Waals surface area contributed by atoms with Crippen LogP contribution in [0.2, 0.25) is 0 Å². The Kier molecular flexibility index (Phi) is 3.87. The third-order valence-electron chi connectivity index (χ3n) is 5.47. The minimum absolute atomic E-state index is 1.18. The summed E-state index contributed by atoms with van der Waals surface area (Å²) < 4.78 is 0. The summed E-state index contributed by atoms with van der Waals surface area (Å²) in [6.07, 6.45) is 6.08. The fourth-order valence-corrected chi connectivity index (χ4v) is 10.7. The molecule has 0 fully saturated rings. The molecule has 1 heterocycles. The summed E-state index contributed by atoms with van der Waals surface area (Å²) in [6, 6.07) is 33.6. The number of hydrogen-bond donors (Lipinski definition) is 0. The van der Waals surface area contributed by atoms with E-state index in [2.05, 4.69) is 103 Å². The fourth-order valence-electron chi connectivity index (χ4n) is 4.32. The first-order chi connectivity index (χ1) is 11.9. The van der Waals surface area contributed by atoms with Crippen molar-refractivity contribution in [2.45, 2.75) is 12.8 Å². The summed E-state index contributed by atoms with van der Waals surface area (Å²) in [5.41, 5.74) is 0. The molecule has 0 atom stereocenters. The van der Waals surface area contributed by atoms with Crippen LogP contribution in [0.5, 0.6) is 0 Å². The molecule has 4 rings (SSSR count). The maximum absolute atomic E-state index is 2.59. The molecule has 0 nitrogen and oxygen atoms in total. The molecule has 1 aliphatic rings. The van der Waals surface area contributed by atoms with Crippen LogP contribution in [0.15, 0.2) is 103 Å². The SMILES string of the molecule is C1=CP(c2ccccc2)(c2ccccc2)(c2ccccc2)CCC1. The van der Waals surface area contributed by atoms with Crippen LogP contribution in [0.1, 0.15) is 12.8 Å². The van der Waals surface area contributed by atoms with E-state index >= 15 is 0 Å². The van der Waals surface area contributed by atoms with Crippen LogP contribution in [-0.4, -0.2) is 6.16 Å². The standard InChI is InChI=1S/C23H23P/c1-5-13-21(14-6-1)24(19-11-4-12-20-24,22-15-7-2-8-16-22)23-17-9-3-10-18-23/h1-3,5-11,13-19H,4,12,20H2. The zero-order valence-electron chi connectivity index (χ0n) is 13.9. The zero-order valence-corrected chi connectivity index (χ0v) is 14.8. The van der Waals surface area contributed by atoms with Crippen LogP contribution in [0.3, 0.4) is 0 Å². The molecule has 0 bridgehead atoms. The number of benzene rings is 3. The van der Waals surface area contributed by atoms with Gasteiger partial charge in [0.2, 0.25) is 0 Å². The molecule has 1 aliphatic heterocycles. The van der Waals surface area contributed by atoms with Crippen molar-refractivity contribution in [1.29, 1.82) is 0 Å². The second-order valence-corrected chi connectivity index (χ2v) is 11.7. The van der Waals surface area contributed by atoms with Crippen molar-refractivity contribution in [2.24, 2.45) is 0 Å². The summed E-state index contributed by atoms with van der Waals surface area (Å²) in [6.45, 7) is -2.55. The molecule has 0 radical (unpaired) electrons. The first-order valence-corrected chi connectivity index (χ1v) is 11.2. The molecule has 1 heteroatoms. The third-order valence-corrected chi connectivity index (χ3v) is 12.0. The van der Waals surface area contributed by atoms with Crippen molar-refractivity contribution in [3.8, 4) is 0 Å². The van der Waals surface area contributed by atoms with Gasteiger partial charge in [-0.15, -0.1) is 0 Å². The minimum atomic E-state index is -2.55. The van der Waals surface area contributed by atoms with Crippen LogP contribution in [-0.2, 0) is 0 Å². The van der Waals surface area contributed by atoms with Gasteiger partial charge in [-0.3, -0.25) is 0 Å². The van der Waals surface area contributed by atoms with Crippen molar-refractivity contribution in [3.63, 3.8) is 0 Å². The Bertz CT molecular complexity index is 736. The predicted molar refractivity (Wildman–Crippen MR) is 108 cm³/mol. The fraction of sp³-hybridized carbons (Fsp3) is 0.130. The molecule has 0 saturated heterocycles. The number of rotatable bonds is 3. The summed E-state index contributed by atoms with van der Waals surface area (Å²) in [5, 5.41) is 4.45. The van der Waals surface area contributed by atoms with E-state index < -0.39 is 6.60 Å². The van der Waals surface area contributed by atoms with Crippen molar-refractivity contribution >= 4 is 22.5 Å². The predicted octanol–water partition coefficient (Wildman–Crippen LogP) is 4.82. The molecule has 0 aliphatic carbocycles. The van der Waals surface area contributed by atoms with Crippen molar-refractivity contribution in [2.75, 3.05) is 6.16 Å². The van der Waals surface area contributed by atoms with Crippen molar-refractivity contribution < 1.29 is 0 Å². The van der Waals surface area contributed by atoms with Gasteiger partial charge in [0, 0.05) is 0 Å². The monoisotopic (exact) mass is 330 g/mol. The Morgan fingerprint density at radius 2 is 0.958 bits per heavy atom. The summed E-state index contributed by atoms with van der Waals surface area (Å²) >= 11 is 0. The van der Waals surface area contributed by atoms with Gasteiger partial charge in [0.1, 0.15) is 0 Å². The Balaban J connectivity index is 2.17. The normalized spacial score (nSPS) is 19.9. The average Bonchev–Trinajstić information content (AvgIpc) is 2.71. The van der Waals surface area contributed by atoms with Gasteiger partial charge in [-0.2, -0.15) is 0 Å². The number of allylic oxidation sites excluding steroid dienone is 1. The average molecular weight is 330 g/mol. The van der Waals surface area contributed by atoms with Gasteiger partial charge < -0.3 is 0 Å². The van der Waals surface area contributed by atoms with E-state index in [4.69, 9.17) is 0 Å². The molecule has 120 valence electrons. The number of hydrogen-bond acceptors (Lipinski definition) is 0. The molecule has 0 aromatic heterocycles. The first kappa shape index (κ1) is 15.4. The van der Waals surface area contributed by atoms with Gasteiger partial charge in [0.15, 0.2) is 0 Å². The third kappa shape index (κ3) is 2.10. The molecule has 3 aromatic rings. The Morgan fingerprint density at radius 1 is 0.542 bits per heavy atom. The van der Waals surface area contributed by atoms with Gasteiger partial charge in [-0.25, -0.2) is 0 Å². The van der Waals surface area contributed by atoms with Crippen LogP contribution in [0.25, 0.3) is 0 Å². The van der Waals surface area contributed by atoms with Gasteiger partial charge in [-0.1, -0.05) is 0 Å². The van der Waals surface area contributed by atoms with E-state index in [9.17, 15) is 0 Å². The van der Waals surface area contributed by atoms with Crippen LogP contribution in [0, 0.1) is 0 Å². The zero-order chi connectivity index (χ0) is 16.3. The molecule has 0 amide bonds. The molecule has 0 spiro atoms. The molecular weight excluding hydrogens is 307 g/mol. The molecular formula is C23H23P. The maximum atomic E-state index is 2.59. The van der Waals surface area contributed by atoms with E-state index in [1.54, 1.807) is 0 Å². The molecule has 0 N–H and O–H groups in total. The molecule has 3 aromatic carbocycles. The topological polar surface area (TPSA) is 0 Å². The van der Waals surface area contributed by atoms with Crippen LogP contribution in [0.4, 0.5) is 0 Å². The summed E-state index contributed by atoms with van der Waals surface area (Å²) in [4.78, 5) is 0. The van der Waals surface area contributed by atoms with E-state index in [0.29, 0.717) is 0 Å². The second-order valence-electron chi connectivity index (χ2n) is 6.64. The second kappa shape index (κ2) is 6.04. The summed E-state index contributed by atoms with van der Waals surface area (Å²) in [7, 11) is 0. The van der Waals surface area contributed by atoms with Gasteiger partial charge in [-0.05, 0) is 0 Å². The van der Waals surface area contributed by atoms with Crippen LogP contribution < -0.4 is 15.9 Å². The van der Waals surface area contributed by atoms with Crippen LogP contribution >= 0.6 is 6.60 Å². The van der Waals surface area contributed by atoms with E-state index in [0.717, 1.165) is 0 Å². The van der Waals surface area contributed by atoms with Crippen molar-refractivity contribution in [1.82, 2.24) is 0 Å². The van der Waals surface area contributed by atoms with Crippen molar-refractivity contribution in [3.05, 3.63) is 103 Å². The Morgan fingerprint density at radius 3 is 1.29 bits per heavy atom. The van der Waals surface area contributed by atoms with Gasteiger partial charge in [0.05, 0.1) is 0 Å². The van der Waals surface area contributed by atoms with E-state index in [1.165, 1.54) is 34.9 Å².